The molecule has 4 amide bonds. The summed E-state index contributed by atoms with van der Waals surface area (Å²) in [7, 11) is 0. The Bertz CT molecular complexity index is 1530. The molecule has 2 atom stereocenters. The van der Waals surface area contributed by atoms with Crippen molar-refractivity contribution in [1.29, 1.82) is 0 Å². The van der Waals surface area contributed by atoms with Crippen LogP contribution >= 0.6 is 0 Å². The summed E-state index contributed by atoms with van der Waals surface area (Å²) in [5.41, 5.74) is -5.69. The Kier molecular flexibility index (Phi) is 8.45. The molecule has 250 valence electrons. The van der Waals surface area contributed by atoms with Gasteiger partial charge in [-0.2, -0.15) is 26.3 Å². The molecule has 0 saturated carbocycles. The van der Waals surface area contributed by atoms with Gasteiger partial charge in [-0.1, -0.05) is 31.5 Å². The molecule has 0 aromatic heterocycles. The summed E-state index contributed by atoms with van der Waals surface area (Å²) < 4.78 is 86.7. The lowest BCUT2D eigenvalue weighted by atomic mass is 9.89. The van der Waals surface area contributed by atoms with Crippen molar-refractivity contribution in [2.75, 3.05) is 37.7 Å². The summed E-state index contributed by atoms with van der Waals surface area (Å²) in [5, 5.41) is 12.6. The maximum absolute atomic E-state index is 13.5. The Balaban J connectivity index is 1.30. The first-order chi connectivity index (χ1) is 21.4. The highest BCUT2D eigenvalue weighted by Crippen LogP contribution is 2.50. The van der Waals surface area contributed by atoms with Crippen LogP contribution in [0.5, 0.6) is 5.75 Å². The number of nitrogens with one attached hydrogen (secondary N) is 1. The molecule has 46 heavy (non-hydrogen) atoms. The molecule has 2 fully saturated rings. The van der Waals surface area contributed by atoms with Gasteiger partial charge in [-0.3, -0.25) is 14.5 Å². The van der Waals surface area contributed by atoms with Crippen molar-refractivity contribution in [1.82, 2.24) is 15.1 Å². The van der Waals surface area contributed by atoms with E-state index in [0.717, 1.165) is 22.6 Å². The lowest BCUT2D eigenvalue weighted by Gasteiger charge is -2.42. The molecule has 0 bridgehead atoms. The summed E-state index contributed by atoms with van der Waals surface area (Å²) in [4.78, 5) is 43.8. The van der Waals surface area contributed by atoms with Gasteiger partial charge in [0.05, 0.1) is 6.61 Å². The number of rotatable bonds is 7. The van der Waals surface area contributed by atoms with Crippen LogP contribution in [0.3, 0.4) is 0 Å². The fourth-order valence-corrected chi connectivity index (χ4v) is 6.36. The number of alkyl halides is 6. The van der Waals surface area contributed by atoms with Crippen LogP contribution in [0.15, 0.2) is 36.4 Å². The van der Waals surface area contributed by atoms with Gasteiger partial charge >= 0.3 is 18.4 Å². The number of ether oxygens (including phenoxy) is 1. The Hall–Kier alpha value is -4.01. The van der Waals surface area contributed by atoms with Gasteiger partial charge in [-0.15, -0.1) is 0 Å². The van der Waals surface area contributed by atoms with Crippen LogP contribution in [0, 0.1) is 0 Å². The number of carbonyl (C=O) groups excluding carboxylic acids is 3. The third-order valence-electron chi connectivity index (χ3n) is 8.96. The average Bonchev–Trinajstić information content (AvgIpc) is 3.54. The maximum atomic E-state index is 13.5. The summed E-state index contributed by atoms with van der Waals surface area (Å²) in [5.74, 6) is -0.365. The highest BCUT2D eigenvalue weighted by Gasteiger charge is 2.71. The monoisotopic (exact) mass is 656 g/mol. The SMILES string of the molecule is CCCc1cc(C(O)(C(F)(F)F)C(F)(F)F)ccc1N1CCN(C(=O)CN2C(=O)NC(C)(c3ccc4c(c3)CCO4)C2=O)CC1C. The Labute approximate surface area is 261 Å². The summed E-state index contributed by atoms with van der Waals surface area (Å²) in [6, 6.07) is 6.60. The zero-order valence-electron chi connectivity index (χ0n) is 25.4. The van der Waals surface area contributed by atoms with Crippen LogP contribution in [0.25, 0.3) is 0 Å². The number of benzene rings is 2. The van der Waals surface area contributed by atoms with Gasteiger partial charge in [0.2, 0.25) is 5.91 Å². The number of anilines is 1. The van der Waals surface area contributed by atoms with Crippen LogP contribution in [0.1, 0.15) is 49.4 Å². The van der Waals surface area contributed by atoms with Crippen molar-refractivity contribution in [2.24, 2.45) is 0 Å². The molecular weight excluding hydrogens is 622 g/mol. The van der Waals surface area contributed by atoms with E-state index < -0.39 is 59.5 Å². The number of nitrogens with zero attached hydrogens (tertiary/aromatic N) is 3. The molecule has 9 nitrogen and oxygen atoms in total. The molecule has 0 radical (unpaired) electrons. The molecule has 0 spiro atoms. The zero-order chi connectivity index (χ0) is 33.8. The number of hydrogen-bond donors (Lipinski definition) is 2. The average molecular weight is 657 g/mol. The number of halogens is 6. The van der Waals surface area contributed by atoms with E-state index in [1.165, 1.54) is 4.90 Å². The van der Waals surface area contributed by atoms with Crippen molar-refractivity contribution in [3.05, 3.63) is 58.7 Å². The van der Waals surface area contributed by atoms with E-state index in [0.29, 0.717) is 42.5 Å². The van der Waals surface area contributed by atoms with Crippen molar-refractivity contribution in [3.8, 4) is 5.75 Å². The molecule has 5 rings (SSSR count). The first-order valence-electron chi connectivity index (χ1n) is 14.9. The van der Waals surface area contributed by atoms with E-state index in [4.69, 9.17) is 4.74 Å². The first-order valence-corrected chi connectivity index (χ1v) is 14.9. The van der Waals surface area contributed by atoms with Crippen molar-refractivity contribution >= 4 is 23.5 Å². The number of piperazine rings is 1. The maximum Gasteiger partial charge on any atom is 0.430 e. The van der Waals surface area contributed by atoms with Crippen LogP contribution < -0.4 is 15.0 Å². The van der Waals surface area contributed by atoms with Crippen molar-refractivity contribution < 1.29 is 50.6 Å². The predicted octanol–water partition coefficient (Wildman–Crippen LogP) is 4.39. The molecule has 2 aromatic carbocycles. The van der Waals surface area contributed by atoms with Crippen molar-refractivity contribution in [2.45, 2.75) is 69.6 Å². The summed E-state index contributed by atoms with van der Waals surface area (Å²) in [6.07, 6.45) is -10.8. The minimum Gasteiger partial charge on any atom is -0.493 e. The van der Waals surface area contributed by atoms with Gasteiger partial charge in [0.15, 0.2) is 0 Å². The van der Waals surface area contributed by atoms with Gasteiger partial charge in [0.25, 0.3) is 11.5 Å². The Morgan fingerprint density at radius 3 is 2.39 bits per heavy atom. The standard InChI is InChI=1S/C31H34F6N4O5/c1-4-5-19-14-22(29(45,30(32,33)34)31(35,36)37)6-8-23(19)40-12-11-39(16-18(40)2)25(42)17-41-26(43)28(3,38-27(41)44)21-7-9-24-20(15-21)10-13-46-24/h6-9,14-15,18,45H,4-5,10-13,16-17H2,1-3H3,(H,38,44). The predicted molar refractivity (Wildman–Crippen MR) is 153 cm³/mol. The number of carbonyl (C=O) groups is 3. The van der Waals surface area contributed by atoms with E-state index in [2.05, 4.69) is 5.32 Å². The van der Waals surface area contributed by atoms with Crippen LogP contribution in [-0.4, -0.2) is 83.9 Å². The number of urea groups is 1. The van der Waals surface area contributed by atoms with E-state index in [9.17, 15) is 45.8 Å². The molecule has 3 heterocycles. The van der Waals surface area contributed by atoms with Crippen molar-refractivity contribution in [3.63, 3.8) is 0 Å². The van der Waals surface area contributed by atoms with Crippen LogP contribution in [0.4, 0.5) is 36.8 Å². The van der Waals surface area contributed by atoms with Gasteiger partial charge < -0.3 is 25.0 Å². The normalized spacial score (nSPS) is 22.2. The third kappa shape index (κ3) is 5.52. The van der Waals surface area contributed by atoms with Gasteiger partial charge in [-0.25, -0.2) is 4.79 Å². The number of fused-ring (bicyclic) bond motifs is 1. The fourth-order valence-electron chi connectivity index (χ4n) is 6.36. The van der Waals surface area contributed by atoms with Gasteiger partial charge in [-0.05, 0) is 55.2 Å². The zero-order valence-corrected chi connectivity index (χ0v) is 25.4. The van der Waals surface area contributed by atoms with Gasteiger partial charge in [0.1, 0.15) is 17.8 Å². The second kappa shape index (κ2) is 11.7. The fraction of sp³-hybridized carbons (Fsp3) is 0.516. The number of aliphatic hydroxyl groups is 1. The molecule has 2 N–H and O–H groups in total. The van der Waals surface area contributed by atoms with E-state index in [1.807, 2.05) is 0 Å². The number of hydrogen-bond acceptors (Lipinski definition) is 6. The number of aryl methyl sites for hydroxylation is 1. The Morgan fingerprint density at radius 2 is 1.76 bits per heavy atom. The lowest BCUT2D eigenvalue weighted by molar-refractivity contribution is -0.376. The minimum absolute atomic E-state index is 0.118. The van der Waals surface area contributed by atoms with E-state index >= 15 is 0 Å². The largest absolute Gasteiger partial charge is 0.493 e. The van der Waals surface area contributed by atoms with E-state index in [-0.39, 0.29) is 31.6 Å². The minimum atomic E-state index is -6.00. The highest BCUT2D eigenvalue weighted by atomic mass is 19.4. The summed E-state index contributed by atoms with van der Waals surface area (Å²) >= 11 is 0. The van der Waals surface area contributed by atoms with Gasteiger partial charge in [0, 0.05) is 43.3 Å². The molecule has 2 aromatic rings. The lowest BCUT2D eigenvalue weighted by Crippen LogP contribution is -2.56. The third-order valence-corrected chi connectivity index (χ3v) is 8.96. The molecular formula is C31H34F6N4O5. The summed E-state index contributed by atoms with van der Waals surface area (Å²) in [6.45, 7) is 5.46. The smallest absolute Gasteiger partial charge is 0.430 e. The van der Waals surface area contributed by atoms with Crippen LogP contribution in [-0.2, 0) is 33.6 Å². The molecule has 0 aliphatic carbocycles. The second-order valence-corrected chi connectivity index (χ2v) is 12.0. The quantitative estimate of drug-likeness (QED) is 0.339. The topological polar surface area (TPSA) is 102 Å². The first kappa shape index (κ1) is 33.4. The number of amides is 4. The molecule has 15 heteroatoms. The number of imide groups is 1. The second-order valence-electron chi connectivity index (χ2n) is 12.0. The highest BCUT2D eigenvalue weighted by molar-refractivity contribution is 6.09. The van der Waals surface area contributed by atoms with Crippen LogP contribution in [0.2, 0.25) is 0 Å². The molecule has 2 unspecified atom stereocenters. The molecule has 3 aliphatic rings. The Morgan fingerprint density at radius 1 is 1.07 bits per heavy atom. The molecule has 2 saturated heterocycles. The molecule has 3 aliphatic heterocycles. The van der Waals surface area contributed by atoms with E-state index in [1.54, 1.807) is 43.9 Å².